The van der Waals surface area contributed by atoms with Crippen LogP contribution >= 0.6 is 0 Å². The maximum absolute atomic E-state index is 4.73. The van der Waals surface area contributed by atoms with Gasteiger partial charge in [-0.3, -0.25) is 0 Å². The van der Waals surface area contributed by atoms with Crippen LogP contribution in [0, 0.1) is 31.6 Å². The molecule has 6 nitrogen and oxygen atoms in total. The Morgan fingerprint density at radius 1 is 0.786 bits per heavy atom. The van der Waals surface area contributed by atoms with E-state index in [0.717, 1.165) is 23.4 Å². The summed E-state index contributed by atoms with van der Waals surface area (Å²) in [5.41, 5.74) is 3.62. The van der Waals surface area contributed by atoms with Gasteiger partial charge in [0.15, 0.2) is 0 Å². The van der Waals surface area contributed by atoms with Gasteiger partial charge >= 0.3 is 0 Å². The van der Waals surface area contributed by atoms with E-state index in [0.29, 0.717) is 17.8 Å². The summed E-state index contributed by atoms with van der Waals surface area (Å²) in [4.78, 5) is 13.9. The molecule has 28 heavy (non-hydrogen) atoms. The molecular formula is C22H30N6. The minimum atomic E-state index is 0.179. The van der Waals surface area contributed by atoms with Crippen LogP contribution in [0.1, 0.15) is 49.7 Å². The summed E-state index contributed by atoms with van der Waals surface area (Å²) in [7, 11) is 1.85. The number of hydrogen-bond acceptors (Lipinski definition) is 6. The van der Waals surface area contributed by atoms with Crippen molar-refractivity contribution in [2.24, 2.45) is 17.8 Å². The molecule has 6 rings (SSSR count). The van der Waals surface area contributed by atoms with Gasteiger partial charge in [-0.05, 0) is 93.4 Å². The fourth-order valence-electron chi connectivity index (χ4n) is 6.28. The zero-order valence-corrected chi connectivity index (χ0v) is 17.0. The van der Waals surface area contributed by atoms with Crippen LogP contribution in [0.15, 0.2) is 18.2 Å². The molecule has 3 N–H and O–H groups in total. The zero-order chi connectivity index (χ0) is 19.3. The van der Waals surface area contributed by atoms with Crippen molar-refractivity contribution in [2.45, 2.75) is 57.9 Å². The van der Waals surface area contributed by atoms with E-state index in [2.05, 4.69) is 58.0 Å². The normalized spacial score (nSPS) is 30.3. The number of aryl methyl sites for hydroxylation is 2. The lowest BCUT2D eigenvalue weighted by atomic mass is 9.53. The van der Waals surface area contributed by atoms with Crippen LogP contribution in [-0.4, -0.2) is 27.5 Å². The molecule has 4 fully saturated rings. The van der Waals surface area contributed by atoms with E-state index in [1.807, 2.05) is 7.05 Å². The molecule has 148 valence electrons. The third kappa shape index (κ3) is 3.40. The van der Waals surface area contributed by atoms with Gasteiger partial charge in [0, 0.05) is 18.3 Å². The molecule has 0 atom stereocenters. The van der Waals surface area contributed by atoms with Gasteiger partial charge < -0.3 is 16.0 Å². The van der Waals surface area contributed by atoms with Gasteiger partial charge in [-0.1, -0.05) is 6.07 Å². The van der Waals surface area contributed by atoms with Gasteiger partial charge in [-0.15, -0.1) is 0 Å². The maximum atomic E-state index is 4.73. The minimum absolute atomic E-state index is 0.179. The van der Waals surface area contributed by atoms with Crippen molar-refractivity contribution in [3.8, 4) is 0 Å². The first-order valence-corrected chi connectivity index (χ1v) is 10.6. The van der Waals surface area contributed by atoms with Gasteiger partial charge in [0.05, 0.1) is 0 Å². The topological polar surface area (TPSA) is 74.8 Å². The molecule has 0 saturated heterocycles. The Hall–Kier alpha value is -2.37. The van der Waals surface area contributed by atoms with Crippen LogP contribution in [0.25, 0.3) is 0 Å². The largest absolute Gasteiger partial charge is 0.357 e. The summed E-state index contributed by atoms with van der Waals surface area (Å²) in [6.07, 6.45) is 8.08. The number of nitrogens with zero attached hydrogens (tertiary/aromatic N) is 3. The molecule has 0 unspecified atom stereocenters. The summed E-state index contributed by atoms with van der Waals surface area (Å²) in [6, 6.07) is 6.39. The van der Waals surface area contributed by atoms with E-state index < -0.39 is 0 Å². The Labute approximate surface area is 167 Å². The van der Waals surface area contributed by atoms with E-state index in [1.54, 1.807) is 0 Å². The Bertz CT molecular complexity index is 837. The first-order valence-electron chi connectivity index (χ1n) is 10.6. The lowest BCUT2D eigenvalue weighted by Crippen LogP contribution is -2.55. The highest BCUT2D eigenvalue weighted by molar-refractivity contribution is 5.58. The number of rotatable bonds is 5. The Kier molecular flexibility index (Phi) is 4.18. The van der Waals surface area contributed by atoms with Gasteiger partial charge in [-0.25, -0.2) is 0 Å². The van der Waals surface area contributed by atoms with Crippen LogP contribution < -0.4 is 16.0 Å². The molecular weight excluding hydrogens is 348 g/mol. The zero-order valence-electron chi connectivity index (χ0n) is 17.0. The van der Waals surface area contributed by atoms with E-state index >= 15 is 0 Å². The molecule has 0 spiro atoms. The molecule has 1 aromatic heterocycles. The van der Waals surface area contributed by atoms with E-state index in [1.165, 1.54) is 49.7 Å². The highest BCUT2D eigenvalue weighted by atomic mass is 15.3. The fourth-order valence-corrected chi connectivity index (χ4v) is 6.28. The quantitative estimate of drug-likeness (QED) is 0.703. The number of aromatic nitrogens is 3. The van der Waals surface area contributed by atoms with Crippen molar-refractivity contribution in [2.75, 3.05) is 23.0 Å². The molecule has 2 aromatic rings. The Morgan fingerprint density at radius 3 is 1.89 bits per heavy atom. The predicted molar refractivity (Wildman–Crippen MR) is 113 cm³/mol. The summed E-state index contributed by atoms with van der Waals surface area (Å²) < 4.78 is 0. The van der Waals surface area contributed by atoms with Gasteiger partial charge in [0.2, 0.25) is 17.8 Å². The van der Waals surface area contributed by atoms with Crippen molar-refractivity contribution in [3.05, 3.63) is 29.3 Å². The standard InChI is InChI=1S/C22H30N6/c1-13-4-14(2)6-18(5-13)24-20-25-19(23-3)26-21(27-20)28-22-10-15-7-16(11-22)9-17(8-15)12-22/h4-6,15-17H,7-12H2,1-3H3,(H3,23,24,25,26,27,28). The van der Waals surface area contributed by atoms with Crippen LogP contribution in [0.2, 0.25) is 0 Å². The average Bonchev–Trinajstić information content (AvgIpc) is 2.58. The number of benzene rings is 1. The summed E-state index contributed by atoms with van der Waals surface area (Å²) >= 11 is 0. The number of nitrogens with one attached hydrogen (secondary N) is 3. The molecule has 4 saturated carbocycles. The molecule has 0 radical (unpaired) electrons. The Morgan fingerprint density at radius 2 is 1.32 bits per heavy atom. The fraction of sp³-hybridized carbons (Fsp3) is 0.591. The van der Waals surface area contributed by atoms with E-state index in [-0.39, 0.29) is 5.54 Å². The summed E-state index contributed by atoms with van der Waals surface area (Å²) in [6.45, 7) is 4.20. The van der Waals surface area contributed by atoms with Crippen LogP contribution in [0.4, 0.5) is 23.5 Å². The van der Waals surface area contributed by atoms with Gasteiger partial charge in [0.25, 0.3) is 0 Å². The molecule has 6 heteroatoms. The Balaban J connectivity index is 1.41. The lowest BCUT2D eigenvalue weighted by Gasteiger charge is -2.56. The van der Waals surface area contributed by atoms with E-state index in [4.69, 9.17) is 4.98 Å². The molecule has 4 bridgehead atoms. The second-order valence-electron chi connectivity index (χ2n) is 9.38. The highest BCUT2D eigenvalue weighted by Gasteiger charge is 2.51. The van der Waals surface area contributed by atoms with Crippen LogP contribution in [0.5, 0.6) is 0 Å². The smallest absolute Gasteiger partial charge is 0.233 e. The summed E-state index contributed by atoms with van der Waals surface area (Å²) in [5, 5.41) is 10.2. The van der Waals surface area contributed by atoms with Crippen molar-refractivity contribution in [3.63, 3.8) is 0 Å². The molecule has 1 aromatic carbocycles. The third-order valence-electron chi connectivity index (χ3n) is 6.75. The molecule has 1 heterocycles. The lowest BCUT2D eigenvalue weighted by molar-refractivity contribution is 0.0104. The second-order valence-corrected chi connectivity index (χ2v) is 9.38. The van der Waals surface area contributed by atoms with Crippen LogP contribution in [-0.2, 0) is 0 Å². The highest BCUT2D eigenvalue weighted by Crippen LogP contribution is 2.56. The summed E-state index contributed by atoms with van der Waals surface area (Å²) in [5.74, 6) is 4.52. The second kappa shape index (κ2) is 6.61. The maximum Gasteiger partial charge on any atom is 0.233 e. The van der Waals surface area contributed by atoms with Crippen molar-refractivity contribution in [1.29, 1.82) is 0 Å². The van der Waals surface area contributed by atoms with Gasteiger partial charge in [0.1, 0.15) is 0 Å². The first kappa shape index (κ1) is 17.7. The first-order chi connectivity index (χ1) is 13.5. The van der Waals surface area contributed by atoms with Crippen molar-refractivity contribution >= 4 is 23.5 Å². The predicted octanol–water partition coefficient (Wildman–Crippen LogP) is 4.65. The molecule has 4 aliphatic carbocycles. The van der Waals surface area contributed by atoms with E-state index in [9.17, 15) is 0 Å². The van der Waals surface area contributed by atoms with Gasteiger partial charge in [-0.2, -0.15) is 15.0 Å². The molecule has 4 aliphatic rings. The minimum Gasteiger partial charge on any atom is -0.357 e. The number of hydrogen-bond donors (Lipinski definition) is 3. The number of anilines is 4. The molecule has 0 amide bonds. The average molecular weight is 379 g/mol. The van der Waals surface area contributed by atoms with Crippen molar-refractivity contribution in [1.82, 2.24) is 15.0 Å². The third-order valence-corrected chi connectivity index (χ3v) is 6.75. The molecule has 0 aliphatic heterocycles. The van der Waals surface area contributed by atoms with Crippen LogP contribution in [0.3, 0.4) is 0 Å². The monoisotopic (exact) mass is 378 g/mol. The SMILES string of the molecule is CNc1nc(Nc2cc(C)cc(C)c2)nc(NC23CC4CC(CC(C4)C2)C3)n1. The van der Waals surface area contributed by atoms with Crippen molar-refractivity contribution < 1.29 is 0 Å².